The number of nitrogens with one attached hydrogen (secondary N) is 1. The third-order valence-corrected chi connectivity index (χ3v) is 2.90. The van der Waals surface area contributed by atoms with Gasteiger partial charge >= 0.3 is 0 Å². The molecular formula is C11H13N3S. The molecule has 0 spiro atoms. The van der Waals surface area contributed by atoms with Gasteiger partial charge in [-0.25, -0.2) is 0 Å². The van der Waals surface area contributed by atoms with Crippen LogP contribution in [-0.2, 0) is 0 Å². The SMILES string of the molecule is Cc1ccc(Nc2nnc(C)s2)c(C)c1. The molecule has 1 heterocycles. The number of aryl methyl sites for hydroxylation is 3. The summed E-state index contributed by atoms with van der Waals surface area (Å²) in [5, 5.41) is 13.1. The van der Waals surface area contributed by atoms with Crippen LogP contribution in [0.2, 0.25) is 0 Å². The molecule has 15 heavy (non-hydrogen) atoms. The fraction of sp³-hybridized carbons (Fsp3) is 0.273. The molecule has 0 aliphatic carbocycles. The highest BCUT2D eigenvalue weighted by molar-refractivity contribution is 7.15. The summed E-state index contributed by atoms with van der Waals surface area (Å²) in [6.45, 7) is 6.12. The van der Waals surface area contributed by atoms with E-state index in [-0.39, 0.29) is 0 Å². The number of aromatic nitrogens is 2. The van der Waals surface area contributed by atoms with Crippen LogP contribution in [0.15, 0.2) is 18.2 Å². The van der Waals surface area contributed by atoms with Crippen molar-refractivity contribution in [3.8, 4) is 0 Å². The van der Waals surface area contributed by atoms with E-state index in [1.165, 1.54) is 11.1 Å². The Kier molecular flexibility index (Phi) is 2.68. The van der Waals surface area contributed by atoms with E-state index in [0.29, 0.717) is 0 Å². The normalized spacial score (nSPS) is 10.3. The smallest absolute Gasteiger partial charge is 0.210 e. The van der Waals surface area contributed by atoms with Gasteiger partial charge in [0.25, 0.3) is 0 Å². The Morgan fingerprint density at radius 1 is 1.13 bits per heavy atom. The van der Waals surface area contributed by atoms with Crippen molar-refractivity contribution in [2.24, 2.45) is 0 Å². The Bertz CT molecular complexity index is 476. The van der Waals surface area contributed by atoms with E-state index >= 15 is 0 Å². The van der Waals surface area contributed by atoms with Crippen LogP contribution in [0.25, 0.3) is 0 Å². The van der Waals surface area contributed by atoms with Gasteiger partial charge in [-0.3, -0.25) is 0 Å². The number of nitrogens with zero attached hydrogens (tertiary/aromatic N) is 2. The summed E-state index contributed by atoms with van der Waals surface area (Å²) in [6.07, 6.45) is 0. The third-order valence-electron chi connectivity index (χ3n) is 2.15. The molecule has 3 nitrogen and oxygen atoms in total. The lowest BCUT2D eigenvalue weighted by molar-refractivity contribution is 1.05. The van der Waals surface area contributed by atoms with Gasteiger partial charge in [0.2, 0.25) is 5.13 Å². The zero-order valence-electron chi connectivity index (χ0n) is 9.03. The largest absolute Gasteiger partial charge is 0.330 e. The molecule has 0 fully saturated rings. The van der Waals surface area contributed by atoms with E-state index in [4.69, 9.17) is 0 Å². The molecule has 0 aliphatic rings. The molecule has 0 saturated carbocycles. The van der Waals surface area contributed by atoms with Crippen molar-refractivity contribution < 1.29 is 0 Å². The fourth-order valence-corrected chi connectivity index (χ4v) is 2.02. The molecule has 0 bridgehead atoms. The maximum Gasteiger partial charge on any atom is 0.210 e. The Hall–Kier alpha value is -1.42. The molecule has 4 heteroatoms. The average molecular weight is 219 g/mol. The fourth-order valence-electron chi connectivity index (χ4n) is 1.42. The van der Waals surface area contributed by atoms with Crippen molar-refractivity contribution in [2.75, 3.05) is 5.32 Å². The van der Waals surface area contributed by atoms with E-state index in [2.05, 4.69) is 47.6 Å². The number of hydrogen-bond acceptors (Lipinski definition) is 4. The van der Waals surface area contributed by atoms with Gasteiger partial charge in [-0.05, 0) is 32.4 Å². The summed E-state index contributed by atoms with van der Waals surface area (Å²) < 4.78 is 0. The summed E-state index contributed by atoms with van der Waals surface area (Å²) in [7, 11) is 0. The summed E-state index contributed by atoms with van der Waals surface area (Å²) >= 11 is 1.56. The van der Waals surface area contributed by atoms with Gasteiger partial charge in [0, 0.05) is 5.69 Å². The lowest BCUT2D eigenvalue weighted by Gasteiger charge is -2.06. The standard InChI is InChI=1S/C11H13N3S/c1-7-4-5-10(8(2)6-7)12-11-14-13-9(3)15-11/h4-6H,1-3H3,(H,12,14). The third kappa shape index (κ3) is 2.33. The Morgan fingerprint density at radius 3 is 2.53 bits per heavy atom. The van der Waals surface area contributed by atoms with Crippen LogP contribution >= 0.6 is 11.3 Å². The van der Waals surface area contributed by atoms with Crippen molar-refractivity contribution in [3.63, 3.8) is 0 Å². The first-order valence-corrected chi connectivity index (χ1v) is 5.61. The quantitative estimate of drug-likeness (QED) is 0.842. The molecule has 0 amide bonds. The highest BCUT2D eigenvalue weighted by Crippen LogP contribution is 2.23. The second kappa shape index (κ2) is 3.98. The van der Waals surface area contributed by atoms with Gasteiger partial charge in [-0.15, -0.1) is 10.2 Å². The van der Waals surface area contributed by atoms with E-state index in [9.17, 15) is 0 Å². The maximum atomic E-state index is 4.03. The predicted molar refractivity (Wildman–Crippen MR) is 63.8 cm³/mol. The van der Waals surface area contributed by atoms with Gasteiger partial charge < -0.3 is 5.32 Å². The summed E-state index contributed by atoms with van der Waals surface area (Å²) in [4.78, 5) is 0. The van der Waals surface area contributed by atoms with Crippen LogP contribution in [0, 0.1) is 20.8 Å². The molecule has 1 aromatic heterocycles. The van der Waals surface area contributed by atoms with Crippen molar-refractivity contribution >= 4 is 22.2 Å². The predicted octanol–water partition coefficient (Wildman–Crippen LogP) is 3.21. The highest BCUT2D eigenvalue weighted by atomic mass is 32.1. The molecule has 2 rings (SSSR count). The lowest BCUT2D eigenvalue weighted by Crippen LogP contribution is -1.92. The van der Waals surface area contributed by atoms with Crippen LogP contribution in [-0.4, -0.2) is 10.2 Å². The van der Waals surface area contributed by atoms with Crippen LogP contribution in [0.4, 0.5) is 10.8 Å². The Labute approximate surface area is 93.2 Å². The monoisotopic (exact) mass is 219 g/mol. The Balaban J connectivity index is 2.24. The zero-order valence-corrected chi connectivity index (χ0v) is 9.85. The molecule has 1 aromatic carbocycles. The minimum Gasteiger partial charge on any atom is -0.330 e. The molecule has 0 radical (unpaired) electrons. The van der Waals surface area contributed by atoms with Gasteiger partial charge in [-0.1, -0.05) is 29.0 Å². The average Bonchev–Trinajstić information content (AvgIpc) is 2.56. The minimum absolute atomic E-state index is 0.847. The topological polar surface area (TPSA) is 37.8 Å². The lowest BCUT2D eigenvalue weighted by atomic mass is 10.1. The Morgan fingerprint density at radius 2 is 1.93 bits per heavy atom. The van der Waals surface area contributed by atoms with Crippen LogP contribution < -0.4 is 5.32 Å². The first kappa shape index (κ1) is 10.1. The molecule has 2 aromatic rings. The van der Waals surface area contributed by atoms with Crippen LogP contribution in [0.5, 0.6) is 0 Å². The van der Waals surface area contributed by atoms with Crippen LogP contribution in [0.3, 0.4) is 0 Å². The van der Waals surface area contributed by atoms with Gasteiger partial charge in [-0.2, -0.15) is 0 Å². The van der Waals surface area contributed by atoms with E-state index in [1.54, 1.807) is 11.3 Å². The number of hydrogen-bond donors (Lipinski definition) is 1. The second-order valence-corrected chi connectivity index (χ2v) is 4.75. The summed E-state index contributed by atoms with van der Waals surface area (Å²) in [6, 6.07) is 6.31. The molecule has 0 unspecified atom stereocenters. The zero-order chi connectivity index (χ0) is 10.8. The highest BCUT2D eigenvalue weighted by Gasteiger charge is 2.02. The minimum atomic E-state index is 0.847. The molecule has 1 N–H and O–H groups in total. The van der Waals surface area contributed by atoms with E-state index in [0.717, 1.165) is 15.8 Å². The molecule has 78 valence electrons. The first-order chi connectivity index (χ1) is 7.15. The summed E-state index contributed by atoms with van der Waals surface area (Å²) in [5.41, 5.74) is 3.59. The molecule has 0 aliphatic heterocycles. The van der Waals surface area contributed by atoms with Crippen molar-refractivity contribution in [1.29, 1.82) is 0 Å². The van der Waals surface area contributed by atoms with E-state index < -0.39 is 0 Å². The van der Waals surface area contributed by atoms with E-state index in [1.807, 2.05) is 6.92 Å². The summed E-state index contributed by atoms with van der Waals surface area (Å²) in [5.74, 6) is 0. The van der Waals surface area contributed by atoms with Gasteiger partial charge in [0.05, 0.1) is 0 Å². The van der Waals surface area contributed by atoms with Gasteiger partial charge in [0.1, 0.15) is 5.01 Å². The molecule has 0 atom stereocenters. The first-order valence-electron chi connectivity index (χ1n) is 4.79. The number of benzene rings is 1. The van der Waals surface area contributed by atoms with Crippen molar-refractivity contribution in [1.82, 2.24) is 10.2 Å². The maximum absolute atomic E-state index is 4.03. The van der Waals surface area contributed by atoms with Crippen molar-refractivity contribution in [3.05, 3.63) is 34.3 Å². The number of anilines is 2. The van der Waals surface area contributed by atoms with Crippen LogP contribution in [0.1, 0.15) is 16.1 Å². The van der Waals surface area contributed by atoms with Crippen molar-refractivity contribution in [2.45, 2.75) is 20.8 Å². The molecule has 0 saturated heterocycles. The number of rotatable bonds is 2. The molecular weight excluding hydrogens is 206 g/mol. The van der Waals surface area contributed by atoms with Gasteiger partial charge in [0.15, 0.2) is 0 Å². The second-order valence-electron chi connectivity index (χ2n) is 3.57.